The van der Waals surface area contributed by atoms with Gasteiger partial charge in [0.15, 0.2) is 5.78 Å². The first-order chi connectivity index (χ1) is 9.65. The molecule has 5 heteroatoms. The number of nitrogens with one attached hydrogen (secondary N) is 2. The average Bonchev–Trinajstić information content (AvgIpc) is 2.31. The number of hydrogen-bond donors (Lipinski definition) is 2. The third-order valence-corrected chi connectivity index (χ3v) is 2.78. The SMILES string of the molecule is CCCC[C@H](NC(=O)OC(C)(C)C)C(=O)CNCC(C)C. The van der Waals surface area contributed by atoms with E-state index in [4.69, 9.17) is 4.74 Å². The van der Waals surface area contributed by atoms with Crippen molar-refractivity contribution in [1.82, 2.24) is 10.6 Å². The van der Waals surface area contributed by atoms with Gasteiger partial charge in [-0.05, 0) is 39.7 Å². The topological polar surface area (TPSA) is 67.4 Å². The van der Waals surface area contributed by atoms with Crippen LogP contribution in [0, 0.1) is 5.92 Å². The first-order valence-corrected chi connectivity index (χ1v) is 7.88. The lowest BCUT2D eigenvalue weighted by molar-refractivity contribution is -0.120. The monoisotopic (exact) mass is 300 g/mol. The van der Waals surface area contributed by atoms with Crippen LogP contribution in [0.25, 0.3) is 0 Å². The Bertz CT molecular complexity index is 322. The zero-order valence-corrected chi connectivity index (χ0v) is 14.4. The van der Waals surface area contributed by atoms with E-state index in [2.05, 4.69) is 31.4 Å². The van der Waals surface area contributed by atoms with Crippen LogP contribution in [-0.2, 0) is 9.53 Å². The molecule has 5 nitrogen and oxygen atoms in total. The fourth-order valence-corrected chi connectivity index (χ4v) is 1.78. The second-order valence-corrected chi connectivity index (χ2v) is 6.83. The Balaban J connectivity index is 4.42. The van der Waals surface area contributed by atoms with E-state index >= 15 is 0 Å². The Morgan fingerprint density at radius 2 is 1.81 bits per heavy atom. The van der Waals surface area contributed by atoms with Crippen molar-refractivity contribution in [1.29, 1.82) is 0 Å². The van der Waals surface area contributed by atoms with Crippen molar-refractivity contribution in [3.05, 3.63) is 0 Å². The zero-order chi connectivity index (χ0) is 16.5. The molecule has 0 spiro atoms. The molecule has 0 rings (SSSR count). The lowest BCUT2D eigenvalue weighted by Gasteiger charge is -2.23. The van der Waals surface area contributed by atoms with Gasteiger partial charge < -0.3 is 15.4 Å². The number of unbranched alkanes of at least 4 members (excludes halogenated alkanes) is 1. The summed E-state index contributed by atoms with van der Waals surface area (Å²) in [6.07, 6.45) is 2.01. The number of rotatable bonds is 9. The van der Waals surface area contributed by atoms with Gasteiger partial charge >= 0.3 is 6.09 Å². The predicted octanol–water partition coefficient (Wildman–Crippen LogP) is 2.88. The van der Waals surface area contributed by atoms with Gasteiger partial charge in [0.25, 0.3) is 0 Å². The molecule has 0 saturated carbocycles. The van der Waals surface area contributed by atoms with Gasteiger partial charge in [0.1, 0.15) is 5.60 Å². The fourth-order valence-electron chi connectivity index (χ4n) is 1.78. The van der Waals surface area contributed by atoms with Gasteiger partial charge in [-0.3, -0.25) is 4.79 Å². The molecule has 0 fully saturated rings. The van der Waals surface area contributed by atoms with E-state index in [9.17, 15) is 9.59 Å². The minimum Gasteiger partial charge on any atom is -0.444 e. The Kier molecular flexibility index (Phi) is 9.26. The molecular formula is C16H32N2O3. The van der Waals surface area contributed by atoms with Crippen LogP contribution in [0.3, 0.4) is 0 Å². The Labute approximate surface area is 129 Å². The first-order valence-electron chi connectivity index (χ1n) is 7.88. The molecular weight excluding hydrogens is 268 g/mol. The number of carbonyl (C=O) groups is 2. The molecule has 0 aliphatic heterocycles. The number of hydrogen-bond acceptors (Lipinski definition) is 4. The van der Waals surface area contributed by atoms with Crippen molar-refractivity contribution < 1.29 is 14.3 Å². The molecule has 21 heavy (non-hydrogen) atoms. The fraction of sp³-hybridized carbons (Fsp3) is 0.875. The molecule has 0 aromatic rings. The van der Waals surface area contributed by atoms with Gasteiger partial charge in [0, 0.05) is 0 Å². The summed E-state index contributed by atoms with van der Waals surface area (Å²) in [5.74, 6) is 0.501. The molecule has 1 atom stereocenters. The van der Waals surface area contributed by atoms with Crippen molar-refractivity contribution >= 4 is 11.9 Å². The van der Waals surface area contributed by atoms with Crippen molar-refractivity contribution in [2.45, 2.75) is 72.4 Å². The second-order valence-electron chi connectivity index (χ2n) is 6.83. The molecule has 1 amide bonds. The number of carbonyl (C=O) groups excluding carboxylic acids is 2. The van der Waals surface area contributed by atoms with Gasteiger partial charge in [0.2, 0.25) is 0 Å². The molecule has 0 aromatic heterocycles. The molecule has 2 N–H and O–H groups in total. The van der Waals surface area contributed by atoms with E-state index in [1.54, 1.807) is 20.8 Å². The van der Waals surface area contributed by atoms with Crippen LogP contribution < -0.4 is 10.6 Å². The minimum absolute atomic E-state index is 0.00922. The third kappa shape index (κ3) is 11.3. The summed E-state index contributed by atoms with van der Waals surface area (Å²) in [4.78, 5) is 24.0. The number of ether oxygens (including phenoxy) is 1. The van der Waals surface area contributed by atoms with Crippen LogP contribution in [0.1, 0.15) is 60.8 Å². The standard InChI is InChI=1S/C16H32N2O3/c1-7-8-9-13(14(19)11-17-10-12(2)3)18-15(20)21-16(4,5)6/h12-13,17H,7-11H2,1-6H3,(H,18,20)/t13-/m0/s1. The highest BCUT2D eigenvalue weighted by atomic mass is 16.6. The van der Waals surface area contributed by atoms with Gasteiger partial charge in [-0.2, -0.15) is 0 Å². The van der Waals surface area contributed by atoms with Crippen molar-refractivity contribution in [3.63, 3.8) is 0 Å². The van der Waals surface area contributed by atoms with Crippen LogP contribution in [0.15, 0.2) is 0 Å². The normalized spacial score (nSPS) is 13.1. The van der Waals surface area contributed by atoms with E-state index in [1.807, 2.05) is 0 Å². The molecule has 0 aromatic carbocycles. The number of Topliss-reactive ketones (excluding diaryl/α,β-unsaturated/α-hetero) is 1. The largest absolute Gasteiger partial charge is 0.444 e. The molecule has 124 valence electrons. The predicted molar refractivity (Wildman–Crippen MR) is 85.4 cm³/mol. The highest BCUT2D eigenvalue weighted by molar-refractivity contribution is 5.88. The van der Waals surface area contributed by atoms with Crippen molar-refractivity contribution in [2.24, 2.45) is 5.92 Å². The van der Waals surface area contributed by atoms with E-state index < -0.39 is 17.7 Å². The van der Waals surface area contributed by atoms with Gasteiger partial charge in [0.05, 0.1) is 12.6 Å². The van der Waals surface area contributed by atoms with E-state index in [0.29, 0.717) is 12.3 Å². The van der Waals surface area contributed by atoms with Gasteiger partial charge in [-0.15, -0.1) is 0 Å². The molecule has 0 radical (unpaired) electrons. The van der Waals surface area contributed by atoms with Crippen LogP contribution in [-0.4, -0.2) is 36.6 Å². The molecule has 0 unspecified atom stereocenters. The lowest BCUT2D eigenvalue weighted by Crippen LogP contribution is -2.46. The maximum atomic E-state index is 12.2. The Morgan fingerprint density at radius 1 is 1.19 bits per heavy atom. The molecule has 0 aliphatic carbocycles. The maximum absolute atomic E-state index is 12.2. The molecule has 0 heterocycles. The van der Waals surface area contributed by atoms with Crippen LogP contribution in [0.5, 0.6) is 0 Å². The maximum Gasteiger partial charge on any atom is 0.408 e. The molecule has 0 aliphatic rings. The number of alkyl carbamates (subject to hydrolysis) is 1. The summed E-state index contributed by atoms with van der Waals surface area (Å²) in [7, 11) is 0. The molecule has 0 bridgehead atoms. The lowest BCUT2D eigenvalue weighted by atomic mass is 10.1. The van der Waals surface area contributed by atoms with Gasteiger partial charge in [-0.1, -0.05) is 33.6 Å². The highest BCUT2D eigenvalue weighted by Crippen LogP contribution is 2.08. The average molecular weight is 300 g/mol. The van der Waals surface area contributed by atoms with Crippen molar-refractivity contribution in [2.75, 3.05) is 13.1 Å². The van der Waals surface area contributed by atoms with Crippen molar-refractivity contribution in [3.8, 4) is 0 Å². The molecule has 0 saturated heterocycles. The van der Waals surface area contributed by atoms with Crippen LogP contribution in [0.4, 0.5) is 4.79 Å². The van der Waals surface area contributed by atoms with E-state index in [1.165, 1.54) is 0 Å². The second kappa shape index (κ2) is 9.77. The highest BCUT2D eigenvalue weighted by Gasteiger charge is 2.23. The Morgan fingerprint density at radius 3 is 2.29 bits per heavy atom. The summed E-state index contributed by atoms with van der Waals surface area (Å²) in [6, 6.07) is -0.473. The zero-order valence-electron chi connectivity index (χ0n) is 14.4. The van der Waals surface area contributed by atoms with Gasteiger partial charge in [-0.25, -0.2) is 4.79 Å². The number of amides is 1. The summed E-state index contributed by atoms with van der Waals surface area (Å²) in [5, 5.41) is 5.82. The summed E-state index contributed by atoms with van der Waals surface area (Å²) in [6.45, 7) is 12.7. The quantitative estimate of drug-likeness (QED) is 0.687. The summed E-state index contributed by atoms with van der Waals surface area (Å²) < 4.78 is 5.22. The van der Waals surface area contributed by atoms with E-state index in [-0.39, 0.29) is 12.3 Å². The smallest absolute Gasteiger partial charge is 0.408 e. The summed E-state index contributed by atoms with van der Waals surface area (Å²) in [5.41, 5.74) is -0.557. The van der Waals surface area contributed by atoms with Crippen LogP contribution in [0.2, 0.25) is 0 Å². The first kappa shape index (κ1) is 19.9. The Hall–Kier alpha value is -1.10. The number of ketones is 1. The summed E-state index contributed by atoms with van der Waals surface area (Å²) >= 11 is 0. The van der Waals surface area contributed by atoms with E-state index in [0.717, 1.165) is 19.4 Å². The minimum atomic E-state index is -0.557. The third-order valence-electron chi connectivity index (χ3n) is 2.78. The van der Waals surface area contributed by atoms with Crippen LogP contribution >= 0.6 is 0 Å².